The Hall–Kier alpha value is -2.05. The maximum Gasteiger partial charge on any atom is 0.250 e. The molecule has 112 valence electrons. The van der Waals surface area contributed by atoms with Crippen LogP contribution >= 0.6 is 28.1 Å². The molecule has 6 heteroatoms. The lowest BCUT2D eigenvalue weighted by atomic mass is 10.2. The number of amides is 1. The zero-order valence-electron chi connectivity index (χ0n) is 11.3. The van der Waals surface area contributed by atoms with E-state index < -0.39 is 0 Å². The molecule has 0 saturated heterocycles. The molecule has 0 aliphatic heterocycles. The molecule has 0 saturated carbocycles. The highest BCUT2D eigenvalue weighted by Gasteiger charge is 2.03. The van der Waals surface area contributed by atoms with E-state index in [1.165, 1.54) is 18.2 Å². The van der Waals surface area contributed by atoms with Gasteiger partial charge in [-0.05, 0) is 64.1 Å². The average Bonchev–Trinajstić information content (AvgIpc) is 2.49. The number of nitrogens with one attached hydrogen (secondary N) is 2. The van der Waals surface area contributed by atoms with Crippen molar-refractivity contribution in [1.29, 1.82) is 0 Å². The van der Waals surface area contributed by atoms with Gasteiger partial charge >= 0.3 is 0 Å². The maximum atomic E-state index is 12.8. The molecular formula is C16H12BrFN2OS. The standard InChI is InChI=1S/C16H12BrFN2OS/c17-13-3-1-2-4-14(13)19-16(22)20-15(21)10-7-11-5-8-12(18)9-6-11/h1-10H,(H2,19,20,21,22). The summed E-state index contributed by atoms with van der Waals surface area (Å²) in [6.45, 7) is 0. The summed E-state index contributed by atoms with van der Waals surface area (Å²) in [7, 11) is 0. The van der Waals surface area contributed by atoms with Crippen LogP contribution < -0.4 is 10.6 Å². The van der Waals surface area contributed by atoms with E-state index in [2.05, 4.69) is 26.6 Å². The first-order chi connectivity index (χ1) is 10.5. The van der Waals surface area contributed by atoms with Gasteiger partial charge in [-0.2, -0.15) is 0 Å². The molecule has 2 aromatic carbocycles. The van der Waals surface area contributed by atoms with Crippen LogP contribution in [0, 0.1) is 5.82 Å². The molecule has 0 unspecified atom stereocenters. The van der Waals surface area contributed by atoms with Gasteiger partial charge in [0.25, 0.3) is 0 Å². The van der Waals surface area contributed by atoms with E-state index in [1.54, 1.807) is 18.2 Å². The molecule has 0 spiro atoms. The number of benzene rings is 2. The highest BCUT2D eigenvalue weighted by Crippen LogP contribution is 2.20. The Balaban J connectivity index is 1.90. The Labute approximate surface area is 141 Å². The zero-order valence-corrected chi connectivity index (χ0v) is 13.7. The van der Waals surface area contributed by atoms with E-state index in [1.807, 2.05) is 24.3 Å². The minimum atomic E-state index is -0.367. The number of halogens is 2. The second kappa shape index (κ2) is 7.82. The van der Waals surface area contributed by atoms with Crippen molar-refractivity contribution < 1.29 is 9.18 Å². The van der Waals surface area contributed by atoms with Crippen LogP contribution in [-0.2, 0) is 4.79 Å². The van der Waals surface area contributed by atoms with E-state index >= 15 is 0 Å². The molecule has 3 nitrogen and oxygen atoms in total. The Bertz CT molecular complexity index is 716. The molecule has 1 amide bonds. The summed E-state index contributed by atoms with van der Waals surface area (Å²) in [5.74, 6) is -0.686. The topological polar surface area (TPSA) is 41.1 Å². The Kier molecular flexibility index (Phi) is 5.80. The fraction of sp³-hybridized carbons (Fsp3) is 0. The molecule has 0 aliphatic rings. The van der Waals surface area contributed by atoms with Crippen molar-refractivity contribution in [2.75, 3.05) is 5.32 Å². The van der Waals surface area contributed by atoms with Gasteiger partial charge in [0.05, 0.1) is 5.69 Å². The van der Waals surface area contributed by atoms with Gasteiger partial charge in [-0.25, -0.2) is 4.39 Å². The van der Waals surface area contributed by atoms with Gasteiger partial charge in [0.1, 0.15) is 5.82 Å². The molecule has 0 aromatic heterocycles. The van der Waals surface area contributed by atoms with Gasteiger partial charge in [-0.1, -0.05) is 24.3 Å². The van der Waals surface area contributed by atoms with Gasteiger partial charge in [0.15, 0.2) is 5.11 Å². The van der Waals surface area contributed by atoms with Crippen LogP contribution in [-0.4, -0.2) is 11.0 Å². The number of hydrogen-bond acceptors (Lipinski definition) is 2. The Morgan fingerprint density at radius 1 is 1.14 bits per heavy atom. The summed E-state index contributed by atoms with van der Waals surface area (Å²) in [5, 5.41) is 5.65. The average molecular weight is 379 g/mol. The van der Waals surface area contributed by atoms with E-state index in [0.717, 1.165) is 15.7 Å². The van der Waals surface area contributed by atoms with Crippen molar-refractivity contribution in [3.8, 4) is 0 Å². The molecular weight excluding hydrogens is 367 g/mol. The number of rotatable bonds is 3. The van der Waals surface area contributed by atoms with Crippen molar-refractivity contribution in [2.24, 2.45) is 0 Å². The van der Waals surface area contributed by atoms with Crippen LogP contribution in [0.2, 0.25) is 0 Å². The lowest BCUT2D eigenvalue weighted by molar-refractivity contribution is -0.115. The largest absolute Gasteiger partial charge is 0.331 e. The van der Waals surface area contributed by atoms with Crippen molar-refractivity contribution in [1.82, 2.24) is 5.32 Å². The van der Waals surface area contributed by atoms with Gasteiger partial charge in [-0.3, -0.25) is 10.1 Å². The minimum absolute atomic E-state index is 0.195. The third-order valence-corrected chi connectivity index (χ3v) is 3.55. The molecule has 22 heavy (non-hydrogen) atoms. The van der Waals surface area contributed by atoms with E-state index in [-0.39, 0.29) is 16.8 Å². The van der Waals surface area contributed by atoms with Crippen LogP contribution in [0.25, 0.3) is 6.08 Å². The van der Waals surface area contributed by atoms with Crippen LogP contribution in [0.3, 0.4) is 0 Å². The number of thiocarbonyl (C=S) groups is 1. The first-order valence-corrected chi connectivity index (χ1v) is 7.55. The SMILES string of the molecule is O=C(C=Cc1ccc(F)cc1)NC(=S)Nc1ccccc1Br. The molecule has 0 aliphatic carbocycles. The van der Waals surface area contributed by atoms with Gasteiger partial charge in [0.2, 0.25) is 5.91 Å². The monoisotopic (exact) mass is 378 g/mol. The predicted octanol–water partition coefficient (Wildman–Crippen LogP) is 4.11. The van der Waals surface area contributed by atoms with Gasteiger partial charge < -0.3 is 5.32 Å². The summed E-state index contributed by atoms with van der Waals surface area (Å²) in [6, 6.07) is 13.2. The molecule has 2 rings (SSSR count). The number of para-hydroxylation sites is 1. The molecule has 0 atom stereocenters. The maximum absolute atomic E-state index is 12.8. The van der Waals surface area contributed by atoms with Crippen LogP contribution in [0.15, 0.2) is 59.1 Å². The minimum Gasteiger partial charge on any atom is -0.331 e. The van der Waals surface area contributed by atoms with Crippen LogP contribution in [0.1, 0.15) is 5.56 Å². The number of hydrogen-bond donors (Lipinski definition) is 2. The quantitative estimate of drug-likeness (QED) is 0.623. The second-order valence-corrected chi connectivity index (χ2v) is 5.57. The highest BCUT2D eigenvalue weighted by atomic mass is 79.9. The highest BCUT2D eigenvalue weighted by molar-refractivity contribution is 9.10. The zero-order chi connectivity index (χ0) is 15.9. The summed E-state index contributed by atoms with van der Waals surface area (Å²) in [4.78, 5) is 11.8. The Morgan fingerprint density at radius 3 is 2.50 bits per heavy atom. The molecule has 2 N–H and O–H groups in total. The van der Waals surface area contributed by atoms with E-state index in [0.29, 0.717) is 0 Å². The summed E-state index contributed by atoms with van der Waals surface area (Å²) in [5.41, 5.74) is 1.48. The number of anilines is 1. The predicted molar refractivity (Wildman–Crippen MR) is 93.9 cm³/mol. The van der Waals surface area contributed by atoms with E-state index in [4.69, 9.17) is 12.2 Å². The molecule has 0 radical (unpaired) electrons. The third kappa shape index (κ3) is 5.05. The molecule has 2 aromatic rings. The Morgan fingerprint density at radius 2 is 1.82 bits per heavy atom. The first kappa shape index (κ1) is 16.3. The summed E-state index contributed by atoms with van der Waals surface area (Å²) in [6.07, 6.45) is 2.91. The fourth-order valence-corrected chi connectivity index (χ4v) is 2.21. The van der Waals surface area contributed by atoms with Crippen LogP contribution in [0.5, 0.6) is 0 Å². The lowest BCUT2D eigenvalue weighted by Gasteiger charge is -2.09. The van der Waals surface area contributed by atoms with Crippen molar-refractivity contribution >= 4 is 50.9 Å². The second-order valence-electron chi connectivity index (χ2n) is 4.31. The van der Waals surface area contributed by atoms with Gasteiger partial charge in [0, 0.05) is 10.5 Å². The summed E-state index contributed by atoms with van der Waals surface area (Å²) < 4.78 is 13.6. The van der Waals surface area contributed by atoms with Crippen molar-refractivity contribution in [2.45, 2.75) is 0 Å². The molecule has 0 fully saturated rings. The lowest BCUT2D eigenvalue weighted by Crippen LogP contribution is -2.32. The fourth-order valence-electron chi connectivity index (χ4n) is 1.62. The number of carbonyl (C=O) groups excluding carboxylic acids is 1. The van der Waals surface area contributed by atoms with Crippen molar-refractivity contribution in [3.63, 3.8) is 0 Å². The normalized spacial score (nSPS) is 10.5. The van der Waals surface area contributed by atoms with Crippen LogP contribution in [0.4, 0.5) is 10.1 Å². The van der Waals surface area contributed by atoms with E-state index in [9.17, 15) is 9.18 Å². The summed E-state index contributed by atoms with van der Waals surface area (Å²) >= 11 is 8.45. The smallest absolute Gasteiger partial charge is 0.250 e. The van der Waals surface area contributed by atoms with Gasteiger partial charge in [-0.15, -0.1) is 0 Å². The number of carbonyl (C=O) groups is 1. The molecule has 0 bridgehead atoms. The molecule has 0 heterocycles. The van der Waals surface area contributed by atoms with Crippen molar-refractivity contribution in [3.05, 3.63) is 70.5 Å². The third-order valence-electron chi connectivity index (χ3n) is 2.66. The first-order valence-electron chi connectivity index (χ1n) is 6.35.